The Hall–Kier alpha value is -1.55. The predicted octanol–water partition coefficient (Wildman–Crippen LogP) is 2.19. The first kappa shape index (κ1) is 11.5. The molecule has 96 valence electrons. The highest BCUT2D eigenvalue weighted by Crippen LogP contribution is 2.30. The molecule has 0 spiro atoms. The average molecular weight is 244 g/mol. The van der Waals surface area contributed by atoms with Crippen molar-refractivity contribution in [2.45, 2.75) is 25.7 Å². The summed E-state index contributed by atoms with van der Waals surface area (Å²) in [7, 11) is 2.03. The number of aryl methyl sites for hydroxylation is 1. The maximum Gasteiger partial charge on any atom is 0.0873 e. The van der Waals surface area contributed by atoms with Gasteiger partial charge in [0.2, 0.25) is 0 Å². The van der Waals surface area contributed by atoms with Crippen molar-refractivity contribution in [1.82, 2.24) is 20.1 Å². The second kappa shape index (κ2) is 4.61. The summed E-state index contributed by atoms with van der Waals surface area (Å²) in [6.07, 6.45) is 4.46. The third-order valence-corrected chi connectivity index (χ3v) is 3.86. The summed E-state index contributed by atoms with van der Waals surface area (Å²) in [4.78, 5) is 3.27. The van der Waals surface area contributed by atoms with E-state index in [0.717, 1.165) is 18.8 Å². The van der Waals surface area contributed by atoms with E-state index in [2.05, 4.69) is 23.3 Å². The minimum absolute atomic E-state index is 0.564. The van der Waals surface area contributed by atoms with Gasteiger partial charge in [-0.05, 0) is 38.4 Å². The van der Waals surface area contributed by atoms with Crippen LogP contribution in [-0.4, -0.2) is 27.9 Å². The number of piperidine rings is 1. The van der Waals surface area contributed by atoms with E-state index in [9.17, 15) is 0 Å². The predicted molar refractivity (Wildman–Crippen MR) is 72.6 cm³/mol. The van der Waals surface area contributed by atoms with E-state index >= 15 is 0 Å². The first-order valence-electron chi connectivity index (χ1n) is 6.65. The second-order valence-electron chi connectivity index (χ2n) is 5.11. The number of H-pyrrole nitrogens is 1. The molecule has 1 atom stereocenters. The van der Waals surface area contributed by atoms with E-state index in [0.29, 0.717) is 5.92 Å². The van der Waals surface area contributed by atoms with E-state index < -0.39 is 0 Å². The topological polar surface area (TPSA) is 45.6 Å². The number of aromatic amines is 1. The molecule has 3 rings (SSSR count). The molecule has 2 N–H and O–H groups in total. The summed E-state index contributed by atoms with van der Waals surface area (Å²) < 4.78 is 2.01. The Kier molecular flexibility index (Phi) is 2.96. The normalized spacial score (nSPS) is 20.2. The van der Waals surface area contributed by atoms with Crippen molar-refractivity contribution in [3.8, 4) is 11.4 Å². The maximum absolute atomic E-state index is 4.75. The van der Waals surface area contributed by atoms with Crippen LogP contribution in [0.5, 0.6) is 0 Å². The molecule has 1 aliphatic heterocycles. The van der Waals surface area contributed by atoms with Crippen molar-refractivity contribution in [2.75, 3.05) is 13.1 Å². The molecule has 1 fully saturated rings. The van der Waals surface area contributed by atoms with Crippen LogP contribution in [0.25, 0.3) is 11.4 Å². The van der Waals surface area contributed by atoms with Crippen molar-refractivity contribution < 1.29 is 0 Å². The minimum atomic E-state index is 0.564. The molecule has 0 aromatic carbocycles. The zero-order valence-corrected chi connectivity index (χ0v) is 11.0. The van der Waals surface area contributed by atoms with Gasteiger partial charge in [0.15, 0.2) is 0 Å². The van der Waals surface area contributed by atoms with Crippen LogP contribution >= 0.6 is 0 Å². The largest absolute Gasteiger partial charge is 0.360 e. The number of hydrogen-bond acceptors (Lipinski definition) is 2. The lowest BCUT2D eigenvalue weighted by Gasteiger charge is -2.21. The highest BCUT2D eigenvalue weighted by Gasteiger charge is 2.23. The highest BCUT2D eigenvalue weighted by atomic mass is 15.3. The van der Waals surface area contributed by atoms with E-state index in [1.807, 2.05) is 24.0 Å². The molecule has 2 aromatic rings. The number of nitrogens with zero attached hydrogens (tertiary/aromatic N) is 2. The van der Waals surface area contributed by atoms with Gasteiger partial charge in [-0.2, -0.15) is 5.10 Å². The van der Waals surface area contributed by atoms with E-state index in [4.69, 9.17) is 5.10 Å². The number of rotatable bonds is 2. The van der Waals surface area contributed by atoms with Crippen LogP contribution in [0.3, 0.4) is 0 Å². The fourth-order valence-corrected chi connectivity index (χ4v) is 2.98. The molecule has 18 heavy (non-hydrogen) atoms. The van der Waals surface area contributed by atoms with Gasteiger partial charge in [-0.1, -0.05) is 0 Å². The van der Waals surface area contributed by atoms with Crippen molar-refractivity contribution in [3.63, 3.8) is 0 Å². The molecule has 0 amide bonds. The second-order valence-corrected chi connectivity index (χ2v) is 5.11. The Morgan fingerprint density at radius 1 is 1.44 bits per heavy atom. The molecule has 1 saturated heterocycles. The van der Waals surface area contributed by atoms with Gasteiger partial charge in [0.05, 0.1) is 17.1 Å². The van der Waals surface area contributed by atoms with E-state index in [1.165, 1.54) is 29.8 Å². The van der Waals surface area contributed by atoms with Gasteiger partial charge in [-0.15, -0.1) is 0 Å². The summed E-state index contributed by atoms with van der Waals surface area (Å²) >= 11 is 0. The van der Waals surface area contributed by atoms with Gasteiger partial charge in [-0.3, -0.25) is 4.68 Å². The van der Waals surface area contributed by atoms with Crippen LogP contribution in [0.15, 0.2) is 18.3 Å². The number of hydrogen-bond donors (Lipinski definition) is 2. The molecule has 0 aliphatic carbocycles. The number of nitrogens with one attached hydrogen (secondary N) is 2. The highest BCUT2D eigenvalue weighted by molar-refractivity contribution is 5.61. The van der Waals surface area contributed by atoms with Crippen LogP contribution in [-0.2, 0) is 7.05 Å². The Bertz CT molecular complexity index is 518. The summed E-state index contributed by atoms with van der Waals surface area (Å²) in [5.41, 5.74) is 4.93. The van der Waals surface area contributed by atoms with Gasteiger partial charge in [-0.25, -0.2) is 0 Å². The van der Waals surface area contributed by atoms with Crippen LogP contribution in [0, 0.1) is 6.92 Å². The fourth-order valence-electron chi connectivity index (χ4n) is 2.98. The van der Waals surface area contributed by atoms with Crippen LogP contribution in [0.2, 0.25) is 0 Å². The molecule has 1 aliphatic rings. The minimum Gasteiger partial charge on any atom is -0.360 e. The van der Waals surface area contributed by atoms with Gasteiger partial charge in [0.1, 0.15) is 0 Å². The molecule has 2 aromatic heterocycles. The summed E-state index contributed by atoms with van der Waals surface area (Å²) in [6, 6.07) is 4.14. The Morgan fingerprint density at radius 3 is 3.00 bits per heavy atom. The number of aromatic nitrogens is 3. The smallest absolute Gasteiger partial charge is 0.0873 e. The lowest BCUT2D eigenvalue weighted by atomic mass is 9.93. The van der Waals surface area contributed by atoms with E-state index in [-0.39, 0.29) is 0 Å². The SMILES string of the molecule is Cc1c(C2CCCNC2)nn(C)c1-c1ccc[nH]1. The zero-order valence-electron chi connectivity index (χ0n) is 11.0. The van der Waals surface area contributed by atoms with Crippen molar-refractivity contribution in [3.05, 3.63) is 29.6 Å². The molecule has 4 heteroatoms. The lowest BCUT2D eigenvalue weighted by molar-refractivity contribution is 0.450. The molecule has 0 saturated carbocycles. The third kappa shape index (κ3) is 1.86. The first-order valence-corrected chi connectivity index (χ1v) is 6.65. The maximum atomic E-state index is 4.75. The van der Waals surface area contributed by atoms with Gasteiger partial charge >= 0.3 is 0 Å². The lowest BCUT2D eigenvalue weighted by Crippen LogP contribution is -2.28. The summed E-state index contributed by atoms with van der Waals surface area (Å²) in [5.74, 6) is 0.564. The monoisotopic (exact) mass is 244 g/mol. The Morgan fingerprint density at radius 2 is 2.33 bits per heavy atom. The fraction of sp³-hybridized carbons (Fsp3) is 0.500. The van der Waals surface area contributed by atoms with Gasteiger partial charge < -0.3 is 10.3 Å². The Balaban J connectivity index is 2.00. The van der Waals surface area contributed by atoms with Crippen molar-refractivity contribution >= 4 is 0 Å². The molecule has 0 radical (unpaired) electrons. The summed E-state index contributed by atoms with van der Waals surface area (Å²) in [6.45, 7) is 4.39. The molecule has 4 nitrogen and oxygen atoms in total. The van der Waals surface area contributed by atoms with Gasteiger partial charge in [0.25, 0.3) is 0 Å². The molecular weight excluding hydrogens is 224 g/mol. The van der Waals surface area contributed by atoms with Crippen molar-refractivity contribution in [1.29, 1.82) is 0 Å². The van der Waals surface area contributed by atoms with Crippen molar-refractivity contribution in [2.24, 2.45) is 7.05 Å². The van der Waals surface area contributed by atoms with Crippen LogP contribution in [0.4, 0.5) is 0 Å². The molecule has 1 unspecified atom stereocenters. The van der Waals surface area contributed by atoms with Crippen LogP contribution in [0.1, 0.15) is 30.0 Å². The molecule has 0 bridgehead atoms. The molecule has 3 heterocycles. The van der Waals surface area contributed by atoms with Gasteiger partial charge in [0, 0.05) is 31.3 Å². The first-order chi connectivity index (χ1) is 8.77. The van der Waals surface area contributed by atoms with Crippen LogP contribution < -0.4 is 5.32 Å². The zero-order chi connectivity index (χ0) is 12.5. The quantitative estimate of drug-likeness (QED) is 0.850. The standard InChI is InChI=1S/C14H20N4/c1-10-13(11-5-3-7-15-9-11)17-18(2)14(10)12-6-4-8-16-12/h4,6,8,11,15-16H,3,5,7,9H2,1-2H3. The van der Waals surface area contributed by atoms with E-state index in [1.54, 1.807) is 0 Å². The average Bonchev–Trinajstić information content (AvgIpc) is 2.99. The Labute approximate surface area is 107 Å². The third-order valence-electron chi connectivity index (χ3n) is 3.86. The molecular formula is C14H20N4. The summed E-state index contributed by atoms with van der Waals surface area (Å²) in [5, 5.41) is 8.21.